The van der Waals surface area contributed by atoms with Crippen LogP contribution in [0.4, 0.5) is 4.39 Å². The van der Waals surface area contributed by atoms with Gasteiger partial charge in [0.1, 0.15) is 5.82 Å². The first-order valence-electron chi connectivity index (χ1n) is 6.85. The number of nitrogens with one attached hydrogen (secondary N) is 1. The van der Waals surface area contributed by atoms with E-state index in [1.165, 1.54) is 21.7 Å². The summed E-state index contributed by atoms with van der Waals surface area (Å²) in [6.45, 7) is 2.88. The van der Waals surface area contributed by atoms with Gasteiger partial charge in [-0.3, -0.25) is 0 Å². The summed E-state index contributed by atoms with van der Waals surface area (Å²) in [5.74, 6) is -0.213. The molecule has 1 atom stereocenters. The molecule has 108 valence electrons. The lowest BCUT2D eigenvalue weighted by molar-refractivity contribution is 0.603. The minimum absolute atomic E-state index is 0.0255. The van der Waals surface area contributed by atoms with Crippen molar-refractivity contribution < 1.29 is 4.39 Å². The van der Waals surface area contributed by atoms with Crippen molar-refractivity contribution in [2.24, 2.45) is 0 Å². The lowest BCUT2D eigenvalue weighted by Crippen LogP contribution is -2.22. The Labute approximate surface area is 135 Å². The quantitative estimate of drug-likeness (QED) is 0.644. The van der Waals surface area contributed by atoms with Gasteiger partial charge in [0, 0.05) is 9.17 Å². The average Bonchev–Trinajstić information content (AvgIpc) is 2.96. The van der Waals surface area contributed by atoms with Crippen molar-refractivity contribution in [2.45, 2.75) is 13.0 Å². The fraction of sp³-hybridized carbons (Fsp3) is 0.176. The summed E-state index contributed by atoms with van der Waals surface area (Å²) < 4.78 is 15.8. The molecule has 21 heavy (non-hydrogen) atoms. The zero-order valence-electron chi connectivity index (χ0n) is 11.6. The lowest BCUT2D eigenvalue weighted by Gasteiger charge is -2.21. The van der Waals surface area contributed by atoms with Gasteiger partial charge in [0.25, 0.3) is 0 Å². The van der Waals surface area contributed by atoms with Crippen molar-refractivity contribution >= 4 is 37.4 Å². The van der Waals surface area contributed by atoms with Crippen molar-refractivity contribution in [1.82, 2.24) is 5.32 Å². The van der Waals surface area contributed by atoms with E-state index in [1.54, 1.807) is 23.5 Å². The van der Waals surface area contributed by atoms with E-state index in [0.717, 1.165) is 16.6 Å². The first-order valence-corrected chi connectivity index (χ1v) is 8.52. The smallest absolute Gasteiger partial charge is 0.123 e. The van der Waals surface area contributed by atoms with Gasteiger partial charge in [-0.1, -0.05) is 41.1 Å². The second kappa shape index (κ2) is 6.26. The van der Waals surface area contributed by atoms with Crippen LogP contribution < -0.4 is 5.32 Å². The van der Waals surface area contributed by atoms with Crippen LogP contribution in [0, 0.1) is 5.82 Å². The van der Waals surface area contributed by atoms with Gasteiger partial charge in [-0.05, 0) is 52.7 Å². The first kappa shape index (κ1) is 14.7. The Bertz CT molecular complexity index is 768. The Morgan fingerprint density at radius 3 is 2.86 bits per heavy atom. The molecule has 1 unspecified atom stereocenters. The Hall–Kier alpha value is -1.23. The lowest BCUT2D eigenvalue weighted by atomic mass is 9.97. The normalized spacial score (nSPS) is 12.7. The zero-order chi connectivity index (χ0) is 14.8. The van der Waals surface area contributed by atoms with Crippen LogP contribution in [-0.4, -0.2) is 6.54 Å². The monoisotopic (exact) mass is 363 g/mol. The second-order valence-electron chi connectivity index (χ2n) is 4.84. The molecule has 1 heterocycles. The third-order valence-electron chi connectivity index (χ3n) is 3.50. The maximum Gasteiger partial charge on any atom is 0.123 e. The number of halogens is 2. The van der Waals surface area contributed by atoms with Gasteiger partial charge in [0.2, 0.25) is 0 Å². The molecule has 3 rings (SSSR count). The molecular weight excluding hydrogens is 349 g/mol. The van der Waals surface area contributed by atoms with Crippen molar-refractivity contribution in [3.63, 3.8) is 0 Å². The molecule has 0 radical (unpaired) electrons. The van der Waals surface area contributed by atoms with E-state index in [-0.39, 0.29) is 11.9 Å². The van der Waals surface area contributed by atoms with Crippen molar-refractivity contribution in [1.29, 1.82) is 0 Å². The van der Waals surface area contributed by atoms with Gasteiger partial charge in [0.05, 0.1) is 6.04 Å². The van der Waals surface area contributed by atoms with E-state index < -0.39 is 0 Å². The maximum atomic E-state index is 13.7. The van der Waals surface area contributed by atoms with E-state index >= 15 is 0 Å². The highest BCUT2D eigenvalue weighted by atomic mass is 79.9. The highest BCUT2D eigenvalue weighted by Gasteiger charge is 2.19. The molecule has 0 saturated heterocycles. The van der Waals surface area contributed by atoms with Gasteiger partial charge in [-0.2, -0.15) is 0 Å². The predicted molar refractivity (Wildman–Crippen MR) is 91.4 cm³/mol. The number of thiophene rings is 1. The Morgan fingerprint density at radius 2 is 2.05 bits per heavy atom. The van der Waals surface area contributed by atoms with Crippen LogP contribution in [-0.2, 0) is 0 Å². The van der Waals surface area contributed by atoms with E-state index in [1.807, 2.05) is 0 Å². The van der Waals surface area contributed by atoms with Gasteiger partial charge < -0.3 is 5.32 Å². The van der Waals surface area contributed by atoms with E-state index in [0.29, 0.717) is 0 Å². The number of rotatable bonds is 4. The SMILES string of the molecule is CCNC(c1cc(F)ccc1Br)c1cccc2ccsc12. The summed E-state index contributed by atoms with van der Waals surface area (Å²) >= 11 is 5.27. The third kappa shape index (κ3) is 2.89. The van der Waals surface area contributed by atoms with Crippen molar-refractivity contribution in [2.75, 3.05) is 6.54 Å². The summed E-state index contributed by atoms with van der Waals surface area (Å²) in [4.78, 5) is 0. The molecule has 1 N–H and O–H groups in total. The summed E-state index contributed by atoms with van der Waals surface area (Å²) in [6, 6.07) is 13.2. The molecule has 0 aliphatic rings. The highest BCUT2D eigenvalue weighted by Crippen LogP contribution is 2.35. The van der Waals surface area contributed by atoms with E-state index in [2.05, 4.69) is 57.8 Å². The van der Waals surface area contributed by atoms with Gasteiger partial charge in [-0.25, -0.2) is 4.39 Å². The molecule has 0 saturated carbocycles. The Kier molecular flexibility index (Phi) is 4.38. The fourth-order valence-corrected chi connectivity index (χ4v) is 3.99. The summed E-state index contributed by atoms with van der Waals surface area (Å²) in [5, 5.41) is 6.80. The highest BCUT2D eigenvalue weighted by molar-refractivity contribution is 9.10. The van der Waals surface area contributed by atoms with Crippen molar-refractivity contribution in [3.05, 3.63) is 69.3 Å². The number of hydrogen-bond donors (Lipinski definition) is 1. The first-order chi connectivity index (χ1) is 10.2. The molecule has 0 aliphatic carbocycles. The van der Waals surface area contributed by atoms with Crippen LogP contribution in [0.5, 0.6) is 0 Å². The summed E-state index contributed by atoms with van der Waals surface area (Å²) in [7, 11) is 0. The van der Waals surface area contributed by atoms with Gasteiger partial charge >= 0.3 is 0 Å². The molecule has 4 heteroatoms. The van der Waals surface area contributed by atoms with Crippen LogP contribution in [0.25, 0.3) is 10.1 Å². The third-order valence-corrected chi connectivity index (χ3v) is 5.20. The topological polar surface area (TPSA) is 12.0 Å². The minimum atomic E-state index is -0.213. The molecule has 0 amide bonds. The summed E-state index contributed by atoms with van der Waals surface area (Å²) in [5.41, 5.74) is 2.12. The summed E-state index contributed by atoms with van der Waals surface area (Å²) in [6.07, 6.45) is 0. The number of benzene rings is 2. The number of fused-ring (bicyclic) bond motifs is 1. The molecule has 3 aromatic rings. The van der Waals surface area contributed by atoms with E-state index in [4.69, 9.17) is 0 Å². The van der Waals surface area contributed by atoms with Gasteiger partial charge in [0.15, 0.2) is 0 Å². The molecule has 0 bridgehead atoms. The zero-order valence-corrected chi connectivity index (χ0v) is 14.0. The Morgan fingerprint density at radius 1 is 1.19 bits per heavy atom. The molecule has 0 spiro atoms. The average molecular weight is 364 g/mol. The molecule has 1 aromatic heterocycles. The maximum absolute atomic E-state index is 13.7. The van der Waals surface area contributed by atoms with Crippen LogP contribution in [0.2, 0.25) is 0 Å². The molecule has 0 aliphatic heterocycles. The van der Waals surface area contributed by atoms with Crippen LogP contribution in [0.15, 0.2) is 52.3 Å². The van der Waals surface area contributed by atoms with Crippen LogP contribution >= 0.6 is 27.3 Å². The second-order valence-corrected chi connectivity index (χ2v) is 6.61. The minimum Gasteiger partial charge on any atom is -0.306 e. The fourth-order valence-electron chi connectivity index (χ4n) is 2.57. The Balaban J connectivity index is 2.18. The van der Waals surface area contributed by atoms with Crippen LogP contribution in [0.1, 0.15) is 24.1 Å². The van der Waals surface area contributed by atoms with Gasteiger partial charge in [-0.15, -0.1) is 11.3 Å². The molecular formula is C17H15BrFNS. The number of hydrogen-bond acceptors (Lipinski definition) is 2. The van der Waals surface area contributed by atoms with Crippen molar-refractivity contribution in [3.8, 4) is 0 Å². The van der Waals surface area contributed by atoms with E-state index in [9.17, 15) is 4.39 Å². The largest absolute Gasteiger partial charge is 0.306 e. The molecule has 0 fully saturated rings. The molecule has 1 nitrogen and oxygen atoms in total. The predicted octanol–water partition coefficient (Wildman–Crippen LogP) is 5.50. The molecule has 2 aromatic carbocycles. The standard InChI is InChI=1S/C17H15BrFNS/c1-2-20-16(14-10-12(19)6-7-15(14)18)13-5-3-4-11-8-9-21-17(11)13/h3-10,16,20H,2H2,1H3. The van der Waals surface area contributed by atoms with Crippen LogP contribution in [0.3, 0.4) is 0 Å².